The van der Waals surface area contributed by atoms with Crippen LogP contribution < -0.4 is 0 Å². The van der Waals surface area contributed by atoms with E-state index < -0.39 is 0 Å². The Kier molecular flexibility index (Phi) is 3.33. The summed E-state index contributed by atoms with van der Waals surface area (Å²) in [6.07, 6.45) is 2.56. The van der Waals surface area contributed by atoms with Crippen molar-refractivity contribution >= 4 is 0 Å². The minimum absolute atomic E-state index is 0.187. The zero-order valence-corrected chi connectivity index (χ0v) is 9.01. The first-order chi connectivity index (χ1) is 6.15. The van der Waals surface area contributed by atoms with Crippen molar-refractivity contribution in [2.45, 2.75) is 33.6 Å². The normalized spacial score (nSPS) is 23.2. The van der Waals surface area contributed by atoms with Crippen LogP contribution in [0.25, 0.3) is 0 Å². The van der Waals surface area contributed by atoms with Crippen LogP contribution >= 0.6 is 0 Å². The average molecular weight is 180 g/mol. The molecule has 1 atom stereocenters. The monoisotopic (exact) mass is 180 g/mol. The van der Waals surface area contributed by atoms with Gasteiger partial charge >= 0.3 is 0 Å². The van der Waals surface area contributed by atoms with Gasteiger partial charge < -0.3 is 4.90 Å². The second-order valence-corrected chi connectivity index (χ2v) is 4.41. The summed E-state index contributed by atoms with van der Waals surface area (Å²) in [7, 11) is 0. The minimum Gasteiger partial charge on any atom is -0.301 e. The predicted molar refractivity (Wildman–Crippen MR) is 54.2 cm³/mol. The number of likely N-dealkylation sites (tertiary alicyclic amines) is 1. The first-order valence-electron chi connectivity index (χ1n) is 5.27. The molecule has 1 aliphatic rings. The highest BCUT2D eigenvalue weighted by Crippen LogP contribution is 2.37. The molecule has 0 N–H and O–H groups in total. The Labute approximate surface area is 81.5 Å². The summed E-state index contributed by atoms with van der Waals surface area (Å²) in [4.78, 5) is 2.40. The number of rotatable bonds is 4. The molecule has 0 bridgehead atoms. The maximum atomic E-state index is 8.67. The fourth-order valence-electron chi connectivity index (χ4n) is 2.16. The molecule has 2 heteroatoms. The number of hydrogen-bond acceptors (Lipinski definition) is 2. The van der Waals surface area contributed by atoms with Crippen molar-refractivity contribution in [3.8, 4) is 6.07 Å². The van der Waals surface area contributed by atoms with Gasteiger partial charge in [-0.15, -0.1) is 0 Å². The summed E-state index contributed by atoms with van der Waals surface area (Å²) in [5, 5.41) is 8.67. The van der Waals surface area contributed by atoms with Crippen LogP contribution in [0.15, 0.2) is 0 Å². The minimum atomic E-state index is 0.187. The van der Waals surface area contributed by atoms with Crippen molar-refractivity contribution < 1.29 is 0 Å². The molecule has 1 fully saturated rings. The SMILES string of the molecule is CCC1(CC)CN(CC(C)C#N)C1. The fourth-order valence-corrected chi connectivity index (χ4v) is 2.16. The number of nitriles is 1. The maximum absolute atomic E-state index is 8.67. The molecule has 0 amide bonds. The Morgan fingerprint density at radius 3 is 2.31 bits per heavy atom. The lowest BCUT2D eigenvalue weighted by molar-refractivity contribution is -0.0105. The van der Waals surface area contributed by atoms with E-state index in [1.165, 1.54) is 25.9 Å². The quantitative estimate of drug-likeness (QED) is 0.663. The zero-order chi connectivity index (χ0) is 9.90. The summed E-state index contributed by atoms with van der Waals surface area (Å²) < 4.78 is 0. The molecule has 0 aliphatic carbocycles. The van der Waals surface area contributed by atoms with Gasteiger partial charge in [0.05, 0.1) is 12.0 Å². The van der Waals surface area contributed by atoms with E-state index in [2.05, 4.69) is 24.8 Å². The van der Waals surface area contributed by atoms with Crippen LogP contribution in [0.5, 0.6) is 0 Å². The molecule has 0 spiro atoms. The first-order valence-corrected chi connectivity index (χ1v) is 5.27. The van der Waals surface area contributed by atoms with E-state index in [1.54, 1.807) is 0 Å². The molecular formula is C11H20N2. The van der Waals surface area contributed by atoms with Crippen LogP contribution in [0.2, 0.25) is 0 Å². The maximum Gasteiger partial charge on any atom is 0.0666 e. The standard InChI is InChI=1S/C11H20N2/c1-4-11(5-2)8-13(9-11)7-10(3)6-12/h10H,4-5,7-9H2,1-3H3. The van der Waals surface area contributed by atoms with Crippen molar-refractivity contribution in [2.75, 3.05) is 19.6 Å². The molecule has 74 valence electrons. The topological polar surface area (TPSA) is 27.0 Å². The van der Waals surface area contributed by atoms with Crippen molar-refractivity contribution in [2.24, 2.45) is 11.3 Å². The van der Waals surface area contributed by atoms with Gasteiger partial charge in [0.15, 0.2) is 0 Å². The van der Waals surface area contributed by atoms with Crippen LogP contribution in [0.1, 0.15) is 33.6 Å². The smallest absolute Gasteiger partial charge is 0.0666 e. The Morgan fingerprint density at radius 1 is 1.38 bits per heavy atom. The molecule has 0 radical (unpaired) electrons. The molecule has 2 nitrogen and oxygen atoms in total. The molecule has 13 heavy (non-hydrogen) atoms. The van der Waals surface area contributed by atoms with E-state index in [1.807, 2.05) is 6.92 Å². The van der Waals surface area contributed by atoms with Gasteiger partial charge in [-0.05, 0) is 25.2 Å². The van der Waals surface area contributed by atoms with Crippen LogP contribution in [0, 0.1) is 22.7 Å². The molecular weight excluding hydrogens is 160 g/mol. The van der Waals surface area contributed by atoms with E-state index >= 15 is 0 Å². The summed E-state index contributed by atoms with van der Waals surface area (Å²) >= 11 is 0. The van der Waals surface area contributed by atoms with Gasteiger partial charge in [-0.25, -0.2) is 0 Å². The fraction of sp³-hybridized carbons (Fsp3) is 0.909. The number of nitrogens with zero attached hydrogens (tertiary/aromatic N) is 2. The van der Waals surface area contributed by atoms with Gasteiger partial charge in [-0.1, -0.05) is 13.8 Å². The van der Waals surface area contributed by atoms with Gasteiger partial charge in [0.2, 0.25) is 0 Å². The highest BCUT2D eigenvalue weighted by Gasteiger charge is 2.39. The van der Waals surface area contributed by atoms with E-state index in [4.69, 9.17) is 5.26 Å². The molecule has 1 rings (SSSR count). The second-order valence-electron chi connectivity index (χ2n) is 4.41. The lowest BCUT2D eigenvalue weighted by Crippen LogP contribution is -2.56. The molecule has 1 saturated heterocycles. The first kappa shape index (κ1) is 10.5. The highest BCUT2D eigenvalue weighted by atomic mass is 15.2. The van der Waals surface area contributed by atoms with Gasteiger partial charge in [0.1, 0.15) is 0 Å². The Bertz CT molecular complexity index is 193. The van der Waals surface area contributed by atoms with Crippen LogP contribution in [-0.2, 0) is 0 Å². The zero-order valence-electron chi connectivity index (χ0n) is 9.01. The predicted octanol–water partition coefficient (Wildman–Crippen LogP) is 2.27. The van der Waals surface area contributed by atoms with Gasteiger partial charge in [-0.2, -0.15) is 5.26 Å². The lowest BCUT2D eigenvalue weighted by atomic mass is 9.75. The Balaban J connectivity index is 2.29. The third kappa shape index (κ3) is 2.22. The van der Waals surface area contributed by atoms with E-state index in [9.17, 15) is 0 Å². The summed E-state index contributed by atoms with van der Waals surface area (Å²) in [5.41, 5.74) is 0.579. The highest BCUT2D eigenvalue weighted by molar-refractivity contribution is 4.95. The summed E-state index contributed by atoms with van der Waals surface area (Å²) in [6, 6.07) is 2.29. The molecule has 1 heterocycles. The molecule has 1 aliphatic heterocycles. The van der Waals surface area contributed by atoms with Gasteiger partial charge in [0.25, 0.3) is 0 Å². The number of hydrogen-bond donors (Lipinski definition) is 0. The molecule has 0 saturated carbocycles. The third-order valence-electron chi connectivity index (χ3n) is 3.37. The van der Waals surface area contributed by atoms with Crippen molar-refractivity contribution in [1.29, 1.82) is 5.26 Å². The largest absolute Gasteiger partial charge is 0.301 e. The second kappa shape index (κ2) is 4.11. The van der Waals surface area contributed by atoms with Gasteiger partial charge in [0, 0.05) is 19.6 Å². The molecule has 0 aromatic carbocycles. The molecule has 1 unspecified atom stereocenters. The van der Waals surface area contributed by atoms with E-state index in [0.29, 0.717) is 5.41 Å². The van der Waals surface area contributed by atoms with E-state index in [0.717, 1.165) is 6.54 Å². The van der Waals surface area contributed by atoms with Crippen molar-refractivity contribution in [1.82, 2.24) is 4.90 Å². The average Bonchev–Trinajstić information content (AvgIpc) is 2.10. The molecule has 0 aromatic heterocycles. The molecule has 0 aromatic rings. The van der Waals surface area contributed by atoms with Crippen molar-refractivity contribution in [3.05, 3.63) is 0 Å². The summed E-state index contributed by atoms with van der Waals surface area (Å²) in [5.74, 6) is 0.187. The third-order valence-corrected chi connectivity index (χ3v) is 3.37. The lowest BCUT2D eigenvalue weighted by Gasteiger charge is -2.50. The van der Waals surface area contributed by atoms with Crippen LogP contribution in [0.3, 0.4) is 0 Å². The van der Waals surface area contributed by atoms with Crippen LogP contribution in [-0.4, -0.2) is 24.5 Å². The van der Waals surface area contributed by atoms with Gasteiger partial charge in [-0.3, -0.25) is 0 Å². The van der Waals surface area contributed by atoms with Crippen LogP contribution in [0.4, 0.5) is 0 Å². The Hall–Kier alpha value is -0.550. The Morgan fingerprint density at radius 2 is 1.92 bits per heavy atom. The summed E-state index contributed by atoms with van der Waals surface area (Å²) in [6.45, 7) is 9.90. The van der Waals surface area contributed by atoms with Crippen molar-refractivity contribution in [3.63, 3.8) is 0 Å². The van der Waals surface area contributed by atoms with E-state index in [-0.39, 0.29) is 5.92 Å².